The van der Waals surface area contributed by atoms with Crippen molar-refractivity contribution in [1.82, 2.24) is 10.3 Å². The van der Waals surface area contributed by atoms with E-state index in [0.29, 0.717) is 25.1 Å². The number of halogens is 3. The number of urea groups is 1. The number of amides is 2. The van der Waals surface area contributed by atoms with Crippen LogP contribution in [-0.4, -0.2) is 17.6 Å². The number of alkyl halides is 3. The minimum atomic E-state index is -4.32. The van der Waals surface area contributed by atoms with E-state index in [1.165, 1.54) is 12.1 Å². The summed E-state index contributed by atoms with van der Waals surface area (Å²) >= 11 is 0. The lowest BCUT2D eigenvalue weighted by atomic mass is 10.1. The van der Waals surface area contributed by atoms with Gasteiger partial charge in [-0.1, -0.05) is 24.3 Å². The molecule has 3 aromatic rings. The first-order valence-electron chi connectivity index (χ1n) is 8.47. The molecule has 1 heterocycles. The number of pyridine rings is 1. The highest BCUT2D eigenvalue weighted by molar-refractivity contribution is 6.01. The smallest absolute Gasteiger partial charge is 0.338 e. The van der Waals surface area contributed by atoms with E-state index in [2.05, 4.69) is 15.6 Å². The molecular formula is C20H18F3N3O. The van der Waals surface area contributed by atoms with Gasteiger partial charge in [0.15, 0.2) is 0 Å². The Balaban J connectivity index is 1.47. The summed E-state index contributed by atoms with van der Waals surface area (Å²) in [5.41, 5.74) is 0.805. The van der Waals surface area contributed by atoms with E-state index in [4.69, 9.17) is 0 Å². The average Bonchev–Trinajstić information content (AvgIpc) is 2.65. The van der Waals surface area contributed by atoms with E-state index < -0.39 is 11.7 Å². The van der Waals surface area contributed by atoms with Gasteiger partial charge in [-0.3, -0.25) is 4.98 Å². The van der Waals surface area contributed by atoms with Crippen molar-refractivity contribution in [3.8, 4) is 0 Å². The van der Waals surface area contributed by atoms with Crippen LogP contribution in [-0.2, 0) is 12.6 Å². The first-order valence-corrected chi connectivity index (χ1v) is 8.47. The SMILES string of the molecule is O=C(NCCCc1ccc(C(F)(F)F)cc1)Nc1cccc2ccncc12. The zero-order valence-corrected chi connectivity index (χ0v) is 14.4. The Kier molecular flexibility index (Phi) is 5.59. The standard InChI is InChI=1S/C20H18F3N3O/c21-20(22,23)16-8-6-14(7-9-16)3-2-11-25-19(27)26-18-5-1-4-15-10-12-24-13-17(15)18/h1,4-10,12-13H,2-3,11H2,(H2,25,26,27). The fourth-order valence-corrected chi connectivity index (χ4v) is 2.74. The molecule has 7 heteroatoms. The molecule has 0 aliphatic rings. The first-order chi connectivity index (χ1) is 12.9. The number of hydrogen-bond donors (Lipinski definition) is 2. The monoisotopic (exact) mass is 373 g/mol. The van der Waals surface area contributed by atoms with E-state index in [-0.39, 0.29) is 6.03 Å². The highest BCUT2D eigenvalue weighted by Crippen LogP contribution is 2.29. The first kappa shape index (κ1) is 18.7. The normalized spacial score (nSPS) is 11.4. The number of fused-ring (bicyclic) bond motifs is 1. The summed E-state index contributed by atoms with van der Waals surface area (Å²) in [6.07, 6.45) is 0.255. The molecule has 4 nitrogen and oxygen atoms in total. The fourth-order valence-electron chi connectivity index (χ4n) is 2.74. The number of anilines is 1. The van der Waals surface area contributed by atoms with E-state index in [0.717, 1.165) is 28.5 Å². The third kappa shape index (κ3) is 4.97. The largest absolute Gasteiger partial charge is 0.416 e. The third-order valence-corrected chi connectivity index (χ3v) is 4.14. The maximum absolute atomic E-state index is 12.5. The Morgan fingerprint density at radius 1 is 1.04 bits per heavy atom. The molecule has 1 aromatic heterocycles. The topological polar surface area (TPSA) is 54.0 Å². The lowest BCUT2D eigenvalue weighted by Crippen LogP contribution is -2.29. The van der Waals surface area contributed by atoms with Crippen molar-refractivity contribution in [3.63, 3.8) is 0 Å². The number of benzene rings is 2. The van der Waals surface area contributed by atoms with Crippen molar-refractivity contribution in [2.45, 2.75) is 19.0 Å². The van der Waals surface area contributed by atoms with Crippen molar-refractivity contribution in [2.75, 3.05) is 11.9 Å². The molecule has 0 unspecified atom stereocenters. The quantitative estimate of drug-likeness (QED) is 0.618. The van der Waals surface area contributed by atoms with Crippen LogP contribution >= 0.6 is 0 Å². The van der Waals surface area contributed by atoms with Gasteiger partial charge in [-0.2, -0.15) is 13.2 Å². The van der Waals surface area contributed by atoms with Crippen LogP contribution in [0.15, 0.2) is 60.9 Å². The molecule has 27 heavy (non-hydrogen) atoms. The molecule has 0 aliphatic carbocycles. The van der Waals surface area contributed by atoms with Gasteiger partial charge in [0.2, 0.25) is 0 Å². The molecule has 2 aromatic carbocycles. The lowest BCUT2D eigenvalue weighted by molar-refractivity contribution is -0.137. The van der Waals surface area contributed by atoms with E-state index in [9.17, 15) is 18.0 Å². The summed E-state index contributed by atoms with van der Waals surface area (Å²) < 4.78 is 37.6. The number of nitrogens with one attached hydrogen (secondary N) is 2. The zero-order chi connectivity index (χ0) is 19.3. The van der Waals surface area contributed by atoms with Crippen molar-refractivity contribution in [2.24, 2.45) is 0 Å². The predicted molar refractivity (Wildman–Crippen MR) is 98.5 cm³/mol. The van der Waals surface area contributed by atoms with Gasteiger partial charge in [0.05, 0.1) is 11.3 Å². The number of aryl methyl sites for hydroxylation is 1. The van der Waals surface area contributed by atoms with Crippen LogP contribution < -0.4 is 10.6 Å². The Morgan fingerprint density at radius 2 is 1.81 bits per heavy atom. The number of carbonyl (C=O) groups is 1. The van der Waals surface area contributed by atoms with Gasteiger partial charge >= 0.3 is 12.2 Å². The average molecular weight is 373 g/mol. The highest BCUT2D eigenvalue weighted by atomic mass is 19.4. The summed E-state index contributed by atoms with van der Waals surface area (Å²) in [6.45, 7) is 0.413. The second-order valence-electron chi connectivity index (χ2n) is 6.08. The molecule has 2 N–H and O–H groups in total. The number of carbonyl (C=O) groups excluding carboxylic acids is 1. The molecule has 2 amide bonds. The summed E-state index contributed by atoms with van der Waals surface area (Å²) in [5.74, 6) is 0. The number of rotatable bonds is 5. The van der Waals surface area contributed by atoms with Crippen LogP contribution in [0, 0.1) is 0 Å². The van der Waals surface area contributed by atoms with Gasteiger partial charge < -0.3 is 10.6 Å². The van der Waals surface area contributed by atoms with Crippen molar-refractivity contribution in [1.29, 1.82) is 0 Å². The second-order valence-corrected chi connectivity index (χ2v) is 6.08. The Labute approximate surface area is 154 Å². The molecule has 140 valence electrons. The van der Waals surface area contributed by atoms with Gasteiger partial charge in [-0.05, 0) is 48.1 Å². The number of aromatic nitrogens is 1. The molecule has 0 spiro atoms. The molecule has 0 aliphatic heterocycles. The van der Waals surface area contributed by atoms with Crippen LogP contribution in [0.2, 0.25) is 0 Å². The molecule has 3 rings (SSSR count). The van der Waals surface area contributed by atoms with Crippen molar-refractivity contribution in [3.05, 3.63) is 72.1 Å². The van der Waals surface area contributed by atoms with Crippen molar-refractivity contribution >= 4 is 22.5 Å². The zero-order valence-electron chi connectivity index (χ0n) is 14.4. The molecule has 0 bridgehead atoms. The molecule has 0 saturated carbocycles. The summed E-state index contributed by atoms with van der Waals surface area (Å²) in [5, 5.41) is 7.37. The maximum atomic E-state index is 12.5. The second kappa shape index (κ2) is 8.07. The Hall–Kier alpha value is -3.09. The van der Waals surface area contributed by atoms with Crippen LogP contribution in [0.25, 0.3) is 10.8 Å². The number of nitrogens with zero attached hydrogens (tertiary/aromatic N) is 1. The maximum Gasteiger partial charge on any atom is 0.416 e. The van der Waals surface area contributed by atoms with Gasteiger partial charge in [0, 0.05) is 24.3 Å². The summed E-state index contributed by atoms with van der Waals surface area (Å²) in [4.78, 5) is 16.1. The lowest BCUT2D eigenvalue weighted by Gasteiger charge is -2.10. The Bertz CT molecular complexity index is 918. The fraction of sp³-hybridized carbons (Fsp3) is 0.200. The van der Waals surface area contributed by atoms with Crippen LogP contribution in [0.4, 0.5) is 23.7 Å². The summed E-state index contributed by atoms with van der Waals surface area (Å²) in [6, 6.07) is 12.2. The van der Waals surface area contributed by atoms with Gasteiger partial charge in [0.25, 0.3) is 0 Å². The molecule has 0 fully saturated rings. The van der Waals surface area contributed by atoms with Gasteiger partial charge in [0.1, 0.15) is 0 Å². The van der Waals surface area contributed by atoms with Crippen LogP contribution in [0.3, 0.4) is 0 Å². The van der Waals surface area contributed by atoms with Gasteiger partial charge in [-0.15, -0.1) is 0 Å². The van der Waals surface area contributed by atoms with Crippen molar-refractivity contribution < 1.29 is 18.0 Å². The van der Waals surface area contributed by atoms with Crippen LogP contribution in [0.5, 0.6) is 0 Å². The van der Waals surface area contributed by atoms with E-state index in [1.807, 2.05) is 18.2 Å². The molecule has 0 atom stereocenters. The van der Waals surface area contributed by atoms with Crippen LogP contribution in [0.1, 0.15) is 17.5 Å². The molecular weight excluding hydrogens is 355 g/mol. The van der Waals surface area contributed by atoms with E-state index in [1.54, 1.807) is 18.5 Å². The molecule has 0 saturated heterocycles. The minimum absolute atomic E-state index is 0.334. The minimum Gasteiger partial charge on any atom is -0.338 e. The summed E-state index contributed by atoms with van der Waals surface area (Å²) in [7, 11) is 0. The molecule has 0 radical (unpaired) electrons. The van der Waals surface area contributed by atoms with Gasteiger partial charge in [-0.25, -0.2) is 4.79 Å². The predicted octanol–water partition coefficient (Wildman–Crippen LogP) is 5.01. The third-order valence-electron chi connectivity index (χ3n) is 4.14. The highest BCUT2D eigenvalue weighted by Gasteiger charge is 2.29. The van der Waals surface area contributed by atoms with E-state index >= 15 is 0 Å². The number of hydrogen-bond acceptors (Lipinski definition) is 2. The Morgan fingerprint density at radius 3 is 2.56 bits per heavy atom.